The first-order valence-corrected chi connectivity index (χ1v) is 6.10. The summed E-state index contributed by atoms with van der Waals surface area (Å²) in [7, 11) is 1.96. The number of nitrogens with two attached hydrogens (primary N) is 1. The van der Waals surface area contributed by atoms with E-state index in [1.54, 1.807) is 0 Å². The van der Waals surface area contributed by atoms with Crippen LogP contribution in [0.1, 0.15) is 30.7 Å². The summed E-state index contributed by atoms with van der Waals surface area (Å²) in [5.74, 6) is 0.747. The van der Waals surface area contributed by atoms with E-state index < -0.39 is 0 Å². The minimum absolute atomic E-state index is 0.000800. The summed E-state index contributed by atoms with van der Waals surface area (Å²) in [6.07, 6.45) is 0. The molecule has 0 saturated heterocycles. The van der Waals surface area contributed by atoms with Crippen LogP contribution in [0, 0.1) is 30.6 Å². The standard InChI is InChI=1S/C14H22N4/c1-10-6-11(2)17-13(12(10)7-15)18(5)9-14(3,4)8-16/h6H,8-9,16H2,1-5H3. The average molecular weight is 246 g/mol. The summed E-state index contributed by atoms with van der Waals surface area (Å²) in [5, 5.41) is 9.25. The van der Waals surface area contributed by atoms with Gasteiger partial charge in [0.2, 0.25) is 0 Å². The van der Waals surface area contributed by atoms with Crippen molar-refractivity contribution in [1.82, 2.24) is 4.98 Å². The smallest absolute Gasteiger partial charge is 0.146 e. The van der Waals surface area contributed by atoms with Gasteiger partial charge in [-0.1, -0.05) is 13.8 Å². The molecule has 18 heavy (non-hydrogen) atoms. The summed E-state index contributed by atoms with van der Waals surface area (Å²) in [5.41, 5.74) is 8.30. The lowest BCUT2D eigenvalue weighted by atomic mass is 9.93. The van der Waals surface area contributed by atoms with E-state index in [4.69, 9.17) is 5.73 Å². The van der Waals surface area contributed by atoms with Crippen LogP contribution in [0.3, 0.4) is 0 Å². The van der Waals surface area contributed by atoms with Crippen LogP contribution in [0.5, 0.6) is 0 Å². The Labute approximate surface area is 109 Å². The molecule has 4 heteroatoms. The lowest BCUT2D eigenvalue weighted by molar-refractivity contribution is 0.384. The Balaban J connectivity index is 3.13. The zero-order chi connectivity index (χ0) is 13.9. The van der Waals surface area contributed by atoms with E-state index in [-0.39, 0.29) is 5.41 Å². The SMILES string of the molecule is Cc1cc(C)c(C#N)c(N(C)CC(C)(C)CN)n1. The molecule has 1 aromatic heterocycles. The molecule has 0 atom stereocenters. The summed E-state index contributed by atoms with van der Waals surface area (Å²) < 4.78 is 0. The van der Waals surface area contributed by atoms with Crippen LogP contribution in [0.4, 0.5) is 5.82 Å². The fourth-order valence-electron chi connectivity index (χ4n) is 2.01. The highest BCUT2D eigenvalue weighted by Gasteiger charge is 2.21. The van der Waals surface area contributed by atoms with Gasteiger partial charge in [-0.3, -0.25) is 0 Å². The minimum atomic E-state index is 0.000800. The summed E-state index contributed by atoms with van der Waals surface area (Å²) in [4.78, 5) is 6.51. The first kappa shape index (κ1) is 14.5. The zero-order valence-corrected chi connectivity index (χ0v) is 11.9. The Morgan fingerprint density at radius 1 is 1.44 bits per heavy atom. The number of aromatic nitrogens is 1. The van der Waals surface area contributed by atoms with Crippen molar-refractivity contribution < 1.29 is 0 Å². The van der Waals surface area contributed by atoms with Crippen LogP contribution >= 0.6 is 0 Å². The monoisotopic (exact) mass is 246 g/mol. The fraction of sp³-hybridized carbons (Fsp3) is 0.571. The molecule has 0 unspecified atom stereocenters. The molecule has 0 spiro atoms. The predicted molar refractivity (Wildman–Crippen MR) is 74.5 cm³/mol. The van der Waals surface area contributed by atoms with Crippen molar-refractivity contribution in [2.24, 2.45) is 11.1 Å². The number of nitriles is 1. The molecule has 0 amide bonds. The second-order valence-corrected chi connectivity index (χ2v) is 5.62. The third kappa shape index (κ3) is 3.21. The first-order valence-electron chi connectivity index (χ1n) is 6.10. The molecule has 1 rings (SSSR count). The average Bonchev–Trinajstić information content (AvgIpc) is 2.27. The highest BCUT2D eigenvalue weighted by Crippen LogP contribution is 2.24. The van der Waals surface area contributed by atoms with E-state index in [0.29, 0.717) is 12.1 Å². The predicted octanol–water partition coefficient (Wildman–Crippen LogP) is 1.99. The molecule has 0 aliphatic carbocycles. The van der Waals surface area contributed by atoms with Crippen molar-refractivity contribution in [2.45, 2.75) is 27.7 Å². The minimum Gasteiger partial charge on any atom is -0.358 e. The van der Waals surface area contributed by atoms with Crippen molar-refractivity contribution in [3.63, 3.8) is 0 Å². The van der Waals surface area contributed by atoms with Gasteiger partial charge in [-0.05, 0) is 37.4 Å². The van der Waals surface area contributed by atoms with E-state index in [9.17, 15) is 5.26 Å². The van der Waals surface area contributed by atoms with Crippen molar-refractivity contribution in [2.75, 3.05) is 25.0 Å². The van der Waals surface area contributed by atoms with Gasteiger partial charge in [-0.2, -0.15) is 5.26 Å². The first-order chi connectivity index (χ1) is 8.30. The number of aryl methyl sites for hydroxylation is 2. The quantitative estimate of drug-likeness (QED) is 0.882. The Morgan fingerprint density at radius 3 is 2.56 bits per heavy atom. The van der Waals surface area contributed by atoms with Crippen LogP contribution in [0.25, 0.3) is 0 Å². The number of hydrogen-bond donors (Lipinski definition) is 1. The van der Waals surface area contributed by atoms with Gasteiger partial charge in [0.05, 0.1) is 5.56 Å². The molecular formula is C14H22N4. The molecule has 0 aliphatic rings. The van der Waals surface area contributed by atoms with E-state index in [0.717, 1.165) is 23.6 Å². The van der Waals surface area contributed by atoms with Crippen LogP contribution in [0.15, 0.2) is 6.07 Å². The van der Waals surface area contributed by atoms with Crippen LogP contribution in [0.2, 0.25) is 0 Å². The maximum atomic E-state index is 9.25. The number of anilines is 1. The molecule has 0 bridgehead atoms. The van der Waals surface area contributed by atoms with Gasteiger partial charge in [0.25, 0.3) is 0 Å². The van der Waals surface area contributed by atoms with Gasteiger partial charge < -0.3 is 10.6 Å². The van der Waals surface area contributed by atoms with E-state index in [1.165, 1.54) is 0 Å². The van der Waals surface area contributed by atoms with Crippen molar-refractivity contribution in [1.29, 1.82) is 5.26 Å². The second-order valence-electron chi connectivity index (χ2n) is 5.62. The Kier molecular flexibility index (Phi) is 4.31. The topological polar surface area (TPSA) is 65.9 Å². The second kappa shape index (κ2) is 5.36. The third-order valence-electron chi connectivity index (χ3n) is 3.02. The lowest BCUT2D eigenvalue weighted by Crippen LogP contribution is -2.37. The van der Waals surface area contributed by atoms with Crippen molar-refractivity contribution in [3.05, 3.63) is 22.9 Å². The van der Waals surface area contributed by atoms with Gasteiger partial charge in [0, 0.05) is 19.3 Å². The molecule has 1 aromatic rings. The van der Waals surface area contributed by atoms with Crippen molar-refractivity contribution in [3.8, 4) is 6.07 Å². The Morgan fingerprint density at radius 2 is 2.06 bits per heavy atom. The highest BCUT2D eigenvalue weighted by atomic mass is 15.2. The lowest BCUT2D eigenvalue weighted by Gasteiger charge is -2.30. The summed E-state index contributed by atoms with van der Waals surface area (Å²) >= 11 is 0. The maximum Gasteiger partial charge on any atom is 0.146 e. The Hall–Kier alpha value is -1.60. The van der Waals surface area contributed by atoms with Gasteiger partial charge in [-0.25, -0.2) is 4.98 Å². The maximum absolute atomic E-state index is 9.25. The van der Waals surface area contributed by atoms with Gasteiger partial charge in [-0.15, -0.1) is 0 Å². The molecule has 0 aliphatic heterocycles. The molecule has 4 nitrogen and oxygen atoms in total. The molecular weight excluding hydrogens is 224 g/mol. The van der Waals surface area contributed by atoms with Crippen LogP contribution in [-0.2, 0) is 0 Å². The third-order valence-corrected chi connectivity index (χ3v) is 3.02. The molecule has 1 heterocycles. The number of hydrogen-bond acceptors (Lipinski definition) is 4. The van der Waals surface area contributed by atoms with Crippen LogP contribution < -0.4 is 10.6 Å². The molecule has 0 radical (unpaired) electrons. The van der Waals surface area contributed by atoms with Crippen molar-refractivity contribution >= 4 is 5.82 Å². The Bertz CT molecular complexity index is 471. The van der Waals surface area contributed by atoms with E-state index in [2.05, 4.69) is 24.9 Å². The molecule has 0 aromatic carbocycles. The van der Waals surface area contributed by atoms with Gasteiger partial charge in [0.1, 0.15) is 11.9 Å². The highest BCUT2D eigenvalue weighted by molar-refractivity contribution is 5.57. The summed E-state index contributed by atoms with van der Waals surface area (Å²) in [6, 6.07) is 4.17. The van der Waals surface area contributed by atoms with E-state index >= 15 is 0 Å². The summed E-state index contributed by atoms with van der Waals surface area (Å²) in [6.45, 7) is 9.48. The molecule has 2 N–H and O–H groups in total. The van der Waals surface area contributed by atoms with E-state index in [1.807, 2.05) is 31.9 Å². The number of rotatable bonds is 4. The normalized spacial score (nSPS) is 11.2. The van der Waals surface area contributed by atoms with Gasteiger partial charge >= 0.3 is 0 Å². The molecule has 98 valence electrons. The largest absolute Gasteiger partial charge is 0.358 e. The fourth-order valence-corrected chi connectivity index (χ4v) is 2.01. The number of pyridine rings is 1. The number of nitrogens with zero attached hydrogens (tertiary/aromatic N) is 3. The van der Waals surface area contributed by atoms with Gasteiger partial charge in [0.15, 0.2) is 0 Å². The molecule has 0 saturated carbocycles. The van der Waals surface area contributed by atoms with Crippen LogP contribution in [-0.4, -0.2) is 25.1 Å². The zero-order valence-electron chi connectivity index (χ0n) is 11.9. The molecule has 0 fully saturated rings.